The van der Waals surface area contributed by atoms with E-state index in [1.54, 1.807) is 55.4 Å². The van der Waals surface area contributed by atoms with Crippen LogP contribution in [0.4, 0.5) is 35.9 Å². The molecule has 2 spiro atoms. The van der Waals surface area contributed by atoms with Crippen LogP contribution in [0, 0.1) is 13.8 Å². The number of carbonyl (C=O) groups is 4. The maximum Gasteiger partial charge on any atom is 0.573 e. The van der Waals surface area contributed by atoms with Gasteiger partial charge in [0.1, 0.15) is 57.5 Å². The summed E-state index contributed by atoms with van der Waals surface area (Å²) in [5.74, 6) is -1.68. The van der Waals surface area contributed by atoms with Crippen molar-refractivity contribution in [3.8, 4) is 23.0 Å². The number of halogens is 8. The summed E-state index contributed by atoms with van der Waals surface area (Å²) in [4.78, 5) is 64.7. The molecule has 4 aliphatic heterocycles. The molecular formula is C55H71Cl2F6N5O15S. The topological polar surface area (TPSA) is 232 Å². The van der Waals surface area contributed by atoms with E-state index < -0.39 is 103 Å². The Morgan fingerprint density at radius 3 is 1.37 bits per heavy atom. The largest absolute Gasteiger partial charge is 0.573 e. The number of amides is 2. The van der Waals surface area contributed by atoms with Gasteiger partial charge in [-0.2, -0.15) is 0 Å². The van der Waals surface area contributed by atoms with Crippen LogP contribution in [0.15, 0.2) is 36.4 Å². The SMILES string of the molecule is CCN(CC)CC.COC(=O)[C@@H]1CC2(CC(Cl)c3c(c(C)nc4ccc(OC(F)(F)F)cc34)O2)CN1C(=O)OC(C)(C)C.COC(=O)[C@@H]1CC2(CC(O)c3c(c(C)nc4ccc(OC(F)(F)F)cc34)O2)CN1C(=O)OC(C)(C)C.CS(=O)(=O)Cl. The molecule has 4 aromatic rings. The summed E-state index contributed by atoms with van der Waals surface area (Å²) in [6.45, 7) is 23.6. The summed E-state index contributed by atoms with van der Waals surface area (Å²) in [6.07, 6.45) is -11.2. The molecule has 2 fully saturated rings. The number of esters is 2. The van der Waals surface area contributed by atoms with Crippen molar-refractivity contribution in [2.45, 2.75) is 161 Å². The van der Waals surface area contributed by atoms with Crippen molar-refractivity contribution in [2.24, 2.45) is 0 Å². The number of alkyl halides is 7. The lowest BCUT2D eigenvalue weighted by molar-refractivity contribution is -0.275. The third kappa shape index (κ3) is 18.0. The van der Waals surface area contributed by atoms with Gasteiger partial charge in [0.25, 0.3) is 0 Å². The Morgan fingerprint density at radius 2 is 1.04 bits per heavy atom. The molecule has 29 heteroatoms. The smallest absolute Gasteiger partial charge is 0.483 e. The quantitative estimate of drug-likeness (QED) is 0.0596. The lowest BCUT2D eigenvalue weighted by Crippen LogP contribution is -2.46. The molecule has 8 rings (SSSR count). The first-order chi connectivity index (χ1) is 38.6. The number of ether oxygens (including phenoxy) is 8. The Bertz CT molecular complexity index is 2980. The zero-order valence-corrected chi connectivity index (χ0v) is 51.3. The fourth-order valence-corrected chi connectivity index (χ4v) is 10.7. The van der Waals surface area contributed by atoms with Crippen LogP contribution in [0.5, 0.6) is 23.0 Å². The molecule has 6 heterocycles. The molecule has 6 atom stereocenters. The van der Waals surface area contributed by atoms with Gasteiger partial charge in [0.05, 0.1) is 67.5 Å². The number of aryl methyl sites for hydroxylation is 2. The van der Waals surface area contributed by atoms with E-state index in [1.165, 1.54) is 67.9 Å². The molecule has 468 valence electrons. The van der Waals surface area contributed by atoms with Crippen LogP contribution in [0.3, 0.4) is 0 Å². The molecule has 2 saturated heterocycles. The Morgan fingerprint density at radius 1 is 0.679 bits per heavy atom. The van der Waals surface area contributed by atoms with Gasteiger partial charge in [0.2, 0.25) is 9.05 Å². The number of rotatable bonds is 7. The average Bonchev–Trinajstić information content (AvgIpc) is 1.49. The van der Waals surface area contributed by atoms with Crippen molar-refractivity contribution in [3.63, 3.8) is 0 Å². The molecule has 2 aromatic carbocycles. The molecule has 1 N–H and O–H groups in total. The van der Waals surface area contributed by atoms with Crippen LogP contribution >= 0.6 is 22.3 Å². The van der Waals surface area contributed by atoms with Crippen molar-refractivity contribution in [3.05, 3.63) is 58.9 Å². The normalized spacial score (nSPS) is 22.0. The van der Waals surface area contributed by atoms with Crippen molar-refractivity contribution in [1.82, 2.24) is 24.7 Å². The van der Waals surface area contributed by atoms with Crippen molar-refractivity contribution in [1.29, 1.82) is 0 Å². The number of fused-ring (bicyclic) bond motifs is 6. The molecule has 4 aliphatic rings. The third-order valence-corrected chi connectivity index (χ3v) is 13.8. The van der Waals surface area contributed by atoms with Gasteiger partial charge in [-0.05, 0) is 111 Å². The third-order valence-electron chi connectivity index (χ3n) is 13.5. The van der Waals surface area contributed by atoms with Gasteiger partial charge in [-0.15, -0.1) is 37.9 Å². The highest BCUT2D eigenvalue weighted by Crippen LogP contribution is 2.53. The molecule has 0 bridgehead atoms. The Hall–Kier alpha value is -6.03. The maximum atomic E-state index is 12.9. The maximum absolute atomic E-state index is 12.9. The molecule has 20 nitrogen and oxygen atoms in total. The van der Waals surface area contributed by atoms with Gasteiger partial charge in [-0.25, -0.2) is 37.6 Å². The monoisotopic (exact) mass is 1260 g/mol. The number of benzene rings is 2. The minimum atomic E-state index is -4.89. The number of likely N-dealkylation sites (tertiary alicyclic amines) is 2. The van der Waals surface area contributed by atoms with Crippen molar-refractivity contribution < 1.29 is 96.9 Å². The molecule has 2 aromatic heterocycles. The highest BCUT2D eigenvalue weighted by molar-refractivity contribution is 8.13. The minimum Gasteiger partial charge on any atom is -0.483 e. The van der Waals surface area contributed by atoms with Gasteiger partial charge >= 0.3 is 36.8 Å². The number of pyridine rings is 2. The number of hydrogen-bond donors (Lipinski definition) is 1. The number of nitrogens with zero attached hydrogens (tertiary/aromatic N) is 5. The van der Waals surface area contributed by atoms with E-state index in [0.29, 0.717) is 39.1 Å². The Balaban J connectivity index is 0.000000257. The van der Waals surface area contributed by atoms with Crippen LogP contribution in [-0.4, -0.2) is 163 Å². The van der Waals surface area contributed by atoms with Gasteiger partial charge in [-0.1, -0.05) is 20.8 Å². The van der Waals surface area contributed by atoms with E-state index in [1.807, 2.05) is 0 Å². The molecular weight excluding hydrogens is 1190 g/mol. The second-order valence-corrected chi connectivity index (χ2v) is 25.9. The number of methoxy groups -OCH3 is 2. The molecule has 4 unspecified atom stereocenters. The van der Waals surface area contributed by atoms with Crippen molar-refractivity contribution in [2.75, 3.05) is 53.2 Å². The predicted molar refractivity (Wildman–Crippen MR) is 297 cm³/mol. The van der Waals surface area contributed by atoms with Crippen molar-refractivity contribution >= 4 is 77.3 Å². The average molecular weight is 1260 g/mol. The first kappa shape index (κ1) is 68.7. The summed E-state index contributed by atoms with van der Waals surface area (Å²) in [5, 5.41) is 11.1. The van der Waals surface area contributed by atoms with E-state index in [4.69, 9.17) is 40.0 Å². The number of hydrogen-bond acceptors (Lipinski definition) is 18. The minimum absolute atomic E-state index is 0.000951. The number of aliphatic hydroxyl groups excluding tert-OH is 1. The van der Waals surface area contributed by atoms with Gasteiger partial charge in [0.15, 0.2) is 0 Å². The summed E-state index contributed by atoms with van der Waals surface area (Å²) >= 11 is 6.83. The van der Waals surface area contributed by atoms with E-state index in [2.05, 4.69) is 55.8 Å². The van der Waals surface area contributed by atoms with Crippen LogP contribution in [0.1, 0.15) is 122 Å². The molecule has 0 radical (unpaired) electrons. The second-order valence-electron chi connectivity index (χ2n) is 22.3. The van der Waals surface area contributed by atoms with Crippen LogP contribution in [0.25, 0.3) is 21.8 Å². The van der Waals surface area contributed by atoms with Gasteiger partial charge in [0, 0.05) is 58.3 Å². The predicted octanol–water partition coefficient (Wildman–Crippen LogP) is 11.1. The van der Waals surface area contributed by atoms with Gasteiger partial charge < -0.3 is 47.9 Å². The molecule has 0 aliphatic carbocycles. The van der Waals surface area contributed by atoms with E-state index in [0.717, 1.165) is 18.4 Å². The second kappa shape index (κ2) is 26.3. The van der Waals surface area contributed by atoms with Gasteiger partial charge in [-0.3, -0.25) is 9.80 Å². The highest BCUT2D eigenvalue weighted by atomic mass is 35.7. The molecule has 84 heavy (non-hydrogen) atoms. The number of carbonyl (C=O) groups excluding carboxylic acids is 4. The van der Waals surface area contributed by atoms with Crippen LogP contribution < -0.4 is 18.9 Å². The fourth-order valence-electron chi connectivity index (χ4n) is 10.2. The number of aromatic nitrogens is 2. The summed E-state index contributed by atoms with van der Waals surface area (Å²) in [7, 11) is 3.73. The molecule has 0 saturated carbocycles. The van der Waals surface area contributed by atoms with E-state index in [-0.39, 0.29) is 55.5 Å². The van der Waals surface area contributed by atoms with Crippen LogP contribution in [-0.2, 0) is 37.6 Å². The Labute approximate surface area is 492 Å². The first-order valence-electron chi connectivity index (χ1n) is 26.4. The summed E-state index contributed by atoms with van der Waals surface area (Å²) in [5.41, 5.74) is -1.46. The Kier molecular flexibility index (Phi) is 21.5. The zero-order chi connectivity index (χ0) is 63.5. The standard InChI is InChI=1S/C24H26ClF3N2O6.C24H27F3N2O7.C6H15N.CH3ClO2S/c1-12-19-18(14-8-13(34-24(26,27)28)6-7-16(14)29-12)15(25)9-23(35-19)10-17(20(31)33-5)30(11-23)21(32)36-22(2,3)4;1-12-19-18(14-8-13(34-24(25,26)27)6-7-15(14)28-12)17(30)10-23(35-19)9-16(20(31)33-5)29(11-23)21(32)36-22(2,3)4;1-4-7(5-2)6-3;1-5(2,3)4/h6-8,15,17H,9-11H2,1-5H3;6-8,16-17,30H,9-11H2,1-5H3;4-6H2,1-3H3;1H3/t15?,17-,23?;16-,17?,23?;;/m00../s1. The zero-order valence-electron chi connectivity index (χ0n) is 49.0. The van der Waals surface area contributed by atoms with E-state index >= 15 is 0 Å². The highest BCUT2D eigenvalue weighted by Gasteiger charge is 2.57. The fraction of sp³-hybridized carbons (Fsp3) is 0.600. The summed E-state index contributed by atoms with van der Waals surface area (Å²) in [6, 6.07) is 5.51. The van der Waals surface area contributed by atoms with E-state index in [9.17, 15) is 59.0 Å². The first-order valence-corrected chi connectivity index (χ1v) is 29.6. The molecule has 2 amide bonds. The lowest BCUT2D eigenvalue weighted by atomic mass is 9.85. The lowest BCUT2D eigenvalue weighted by Gasteiger charge is -2.39. The number of aliphatic hydroxyl groups is 1. The summed E-state index contributed by atoms with van der Waals surface area (Å²) < 4.78 is 137. The van der Waals surface area contributed by atoms with Crippen LogP contribution in [0.2, 0.25) is 0 Å².